The van der Waals surface area contributed by atoms with Crippen LogP contribution in [0.4, 0.5) is 4.39 Å². The number of ether oxygens (including phenoxy) is 2. The predicted octanol–water partition coefficient (Wildman–Crippen LogP) is 2.95. The van der Waals surface area contributed by atoms with Crippen molar-refractivity contribution >= 4 is 11.8 Å². The van der Waals surface area contributed by atoms with Gasteiger partial charge in [0.05, 0.1) is 37.5 Å². The van der Waals surface area contributed by atoms with Crippen molar-refractivity contribution in [3.8, 4) is 5.75 Å². The molecule has 9 heteroatoms. The Morgan fingerprint density at radius 3 is 2.60 bits per heavy atom. The van der Waals surface area contributed by atoms with Gasteiger partial charge in [-0.2, -0.15) is 10.2 Å². The van der Waals surface area contributed by atoms with Crippen molar-refractivity contribution < 1.29 is 23.5 Å². The lowest BCUT2D eigenvalue weighted by Gasteiger charge is -2.42. The van der Waals surface area contributed by atoms with Crippen LogP contribution in [-0.4, -0.2) is 70.8 Å². The average Bonchev–Trinajstić information content (AvgIpc) is 2.89. The topological polar surface area (TPSA) is 84.9 Å². The molecular weight excluding hydrogens is 451 g/mol. The van der Waals surface area contributed by atoms with Gasteiger partial charge in [0.1, 0.15) is 23.8 Å². The van der Waals surface area contributed by atoms with Gasteiger partial charge >= 0.3 is 0 Å². The van der Waals surface area contributed by atoms with Gasteiger partial charge in [-0.3, -0.25) is 9.59 Å². The summed E-state index contributed by atoms with van der Waals surface area (Å²) < 4.78 is 25.4. The van der Waals surface area contributed by atoms with Gasteiger partial charge in [0.15, 0.2) is 0 Å². The third-order valence-corrected chi connectivity index (χ3v) is 5.84. The summed E-state index contributed by atoms with van der Waals surface area (Å²) in [6, 6.07) is 16.9. The smallest absolute Gasteiger partial charge is 0.255 e. The molecule has 2 amide bonds. The van der Waals surface area contributed by atoms with Gasteiger partial charge in [-0.25, -0.2) is 4.39 Å². The Hall–Kier alpha value is -3.85. The summed E-state index contributed by atoms with van der Waals surface area (Å²) in [7, 11) is 1.73. The number of carbonyl (C=O) groups is 2. The monoisotopic (exact) mass is 478 g/mol. The number of aromatic nitrogens is 2. The Morgan fingerprint density at radius 2 is 1.89 bits per heavy atom. The van der Waals surface area contributed by atoms with E-state index in [-0.39, 0.29) is 43.8 Å². The molecule has 0 aliphatic carbocycles. The van der Waals surface area contributed by atoms with Crippen molar-refractivity contribution in [1.29, 1.82) is 0 Å². The normalized spacial score (nSPS) is 17.6. The van der Waals surface area contributed by atoms with Crippen LogP contribution in [0.1, 0.15) is 22.3 Å². The van der Waals surface area contributed by atoms with E-state index in [1.807, 2.05) is 30.3 Å². The Bertz CT molecular complexity index is 1130. The molecule has 2 aromatic carbocycles. The van der Waals surface area contributed by atoms with E-state index in [4.69, 9.17) is 9.47 Å². The highest BCUT2D eigenvalue weighted by Gasteiger charge is 2.42. The molecule has 1 fully saturated rings. The second-order valence-electron chi connectivity index (χ2n) is 8.54. The molecule has 3 aromatic rings. The molecule has 0 saturated carbocycles. The van der Waals surface area contributed by atoms with Gasteiger partial charge in [0.2, 0.25) is 5.91 Å². The lowest BCUT2D eigenvalue weighted by molar-refractivity contribution is -0.152. The lowest BCUT2D eigenvalue weighted by atomic mass is 9.96. The number of amides is 2. The molecule has 0 radical (unpaired) electrons. The summed E-state index contributed by atoms with van der Waals surface area (Å²) in [6.45, 7) is 1.22. The molecule has 1 saturated heterocycles. The summed E-state index contributed by atoms with van der Waals surface area (Å²) in [5.74, 6) is -0.293. The van der Waals surface area contributed by atoms with Crippen LogP contribution in [0.3, 0.4) is 0 Å². The summed E-state index contributed by atoms with van der Waals surface area (Å²) in [5.41, 5.74) is 0.333. The molecule has 0 N–H and O–H groups in total. The van der Waals surface area contributed by atoms with Crippen LogP contribution >= 0.6 is 0 Å². The van der Waals surface area contributed by atoms with E-state index < -0.39 is 5.60 Å². The lowest BCUT2D eigenvalue weighted by Crippen LogP contribution is -2.58. The van der Waals surface area contributed by atoms with E-state index in [2.05, 4.69) is 10.2 Å². The highest BCUT2D eigenvalue weighted by molar-refractivity contribution is 5.94. The summed E-state index contributed by atoms with van der Waals surface area (Å²) in [4.78, 5) is 29.6. The number of carbonyl (C=O) groups excluding carboxylic acids is 2. The van der Waals surface area contributed by atoms with E-state index in [0.717, 1.165) is 5.56 Å². The van der Waals surface area contributed by atoms with E-state index >= 15 is 0 Å². The van der Waals surface area contributed by atoms with Crippen LogP contribution in [0.5, 0.6) is 5.75 Å². The van der Waals surface area contributed by atoms with Gasteiger partial charge in [-0.15, -0.1) is 0 Å². The molecule has 35 heavy (non-hydrogen) atoms. The molecule has 8 nitrogen and oxygen atoms in total. The molecule has 4 rings (SSSR count). The van der Waals surface area contributed by atoms with E-state index in [1.54, 1.807) is 22.9 Å². The van der Waals surface area contributed by atoms with Crippen molar-refractivity contribution in [2.75, 3.05) is 33.4 Å². The Balaban J connectivity index is 1.51. The van der Waals surface area contributed by atoms with Crippen molar-refractivity contribution in [2.24, 2.45) is 0 Å². The van der Waals surface area contributed by atoms with Crippen LogP contribution in [0, 0.1) is 5.82 Å². The summed E-state index contributed by atoms with van der Waals surface area (Å²) >= 11 is 0. The fourth-order valence-electron chi connectivity index (χ4n) is 3.96. The molecule has 1 atom stereocenters. The van der Waals surface area contributed by atoms with E-state index in [9.17, 15) is 14.0 Å². The van der Waals surface area contributed by atoms with Crippen molar-refractivity contribution in [1.82, 2.24) is 20.0 Å². The first-order chi connectivity index (χ1) is 16.9. The molecular formula is C26H27FN4O4. The first kappa shape index (κ1) is 24.3. The number of nitrogens with zero attached hydrogens (tertiary/aromatic N) is 4. The fourth-order valence-corrected chi connectivity index (χ4v) is 3.96. The molecule has 0 bridgehead atoms. The van der Waals surface area contributed by atoms with Gasteiger partial charge in [-0.05, 0) is 35.9 Å². The molecule has 182 valence electrons. The number of halogens is 1. The minimum atomic E-state index is -1.08. The number of morpholine rings is 1. The number of hydrogen-bond donors (Lipinski definition) is 0. The fraction of sp³-hybridized carbons (Fsp3) is 0.308. The minimum Gasteiger partial charge on any atom is -0.490 e. The van der Waals surface area contributed by atoms with Crippen molar-refractivity contribution in [3.63, 3.8) is 0 Å². The van der Waals surface area contributed by atoms with Gasteiger partial charge in [-0.1, -0.05) is 30.3 Å². The zero-order chi connectivity index (χ0) is 24.7. The second kappa shape index (κ2) is 11.1. The summed E-state index contributed by atoms with van der Waals surface area (Å²) in [6.07, 6.45) is 2.88. The second-order valence-corrected chi connectivity index (χ2v) is 8.54. The number of rotatable bonds is 8. The Morgan fingerprint density at radius 1 is 1.11 bits per heavy atom. The third kappa shape index (κ3) is 6.39. The summed E-state index contributed by atoms with van der Waals surface area (Å²) in [5, 5.41) is 7.51. The predicted molar refractivity (Wildman–Crippen MR) is 126 cm³/mol. The molecule has 1 aliphatic rings. The SMILES string of the molecule is CN(Cc1ccccc1)C(=O)CC1(COc2ccc(F)cc2)CN(C(=O)c2ccnnc2)CCO1. The van der Waals surface area contributed by atoms with E-state index in [1.165, 1.54) is 36.7 Å². The standard InChI is InChI=1S/C26H27FN4O4/c1-30(17-20-5-3-2-4-6-20)24(32)15-26(19-34-23-9-7-22(27)8-10-23)18-31(13-14-35-26)25(33)21-11-12-28-29-16-21/h2-12,16H,13-15,17-19H2,1H3. The maximum Gasteiger partial charge on any atom is 0.255 e. The highest BCUT2D eigenvalue weighted by atomic mass is 19.1. The quantitative estimate of drug-likeness (QED) is 0.495. The van der Waals surface area contributed by atoms with Gasteiger partial charge in [0, 0.05) is 20.1 Å². The molecule has 1 aliphatic heterocycles. The molecule has 0 spiro atoms. The maximum atomic E-state index is 13.3. The largest absolute Gasteiger partial charge is 0.490 e. The molecule has 2 heterocycles. The zero-order valence-corrected chi connectivity index (χ0v) is 19.5. The van der Waals surface area contributed by atoms with E-state index in [0.29, 0.717) is 24.4 Å². The Labute approximate surface area is 203 Å². The van der Waals surface area contributed by atoms with Crippen LogP contribution in [-0.2, 0) is 16.1 Å². The first-order valence-corrected chi connectivity index (χ1v) is 11.3. The van der Waals surface area contributed by atoms with Crippen molar-refractivity contribution in [3.05, 3.63) is 90.0 Å². The van der Waals surface area contributed by atoms with Gasteiger partial charge in [0.25, 0.3) is 5.91 Å². The third-order valence-electron chi connectivity index (χ3n) is 5.84. The van der Waals surface area contributed by atoms with Crippen LogP contribution < -0.4 is 4.74 Å². The highest BCUT2D eigenvalue weighted by Crippen LogP contribution is 2.26. The zero-order valence-electron chi connectivity index (χ0n) is 19.5. The number of hydrogen-bond acceptors (Lipinski definition) is 6. The minimum absolute atomic E-state index is 0.00982. The van der Waals surface area contributed by atoms with Crippen LogP contribution in [0.15, 0.2) is 73.1 Å². The van der Waals surface area contributed by atoms with Crippen LogP contribution in [0.2, 0.25) is 0 Å². The average molecular weight is 479 g/mol. The maximum absolute atomic E-state index is 13.3. The first-order valence-electron chi connectivity index (χ1n) is 11.3. The van der Waals surface area contributed by atoms with Crippen LogP contribution in [0.25, 0.3) is 0 Å². The Kier molecular flexibility index (Phi) is 7.67. The molecule has 1 aromatic heterocycles. The number of benzene rings is 2. The van der Waals surface area contributed by atoms with Gasteiger partial charge < -0.3 is 19.3 Å². The molecule has 1 unspecified atom stereocenters. The van der Waals surface area contributed by atoms with Crippen molar-refractivity contribution in [2.45, 2.75) is 18.6 Å².